The average Bonchev–Trinajstić information content (AvgIpc) is 2.68. The maximum absolute atomic E-state index is 12.1. The highest BCUT2D eigenvalue weighted by Gasteiger charge is 2.25. The SMILES string of the molecule is Cc1sc(NC(=O)C2=NN(C)C(=O)CC2)c(C(=O)O)c1C. The van der Waals surface area contributed by atoms with E-state index in [9.17, 15) is 19.5 Å². The molecule has 0 saturated carbocycles. The fourth-order valence-electron chi connectivity index (χ4n) is 1.98. The molecule has 0 aliphatic carbocycles. The Morgan fingerprint density at radius 2 is 2.00 bits per heavy atom. The van der Waals surface area contributed by atoms with E-state index in [1.165, 1.54) is 18.4 Å². The number of rotatable bonds is 3. The third-order valence-corrected chi connectivity index (χ3v) is 4.42. The smallest absolute Gasteiger partial charge is 0.338 e. The topological polar surface area (TPSA) is 99.1 Å². The van der Waals surface area contributed by atoms with Gasteiger partial charge in [0.15, 0.2) is 0 Å². The number of amides is 2. The van der Waals surface area contributed by atoms with Gasteiger partial charge in [-0.15, -0.1) is 11.3 Å². The van der Waals surface area contributed by atoms with Crippen LogP contribution in [-0.2, 0) is 9.59 Å². The quantitative estimate of drug-likeness (QED) is 0.886. The van der Waals surface area contributed by atoms with E-state index in [0.717, 1.165) is 9.89 Å². The molecule has 2 amide bonds. The van der Waals surface area contributed by atoms with E-state index in [0.29, 0.717) is 10.6 Å². The van der Waals surface area contributed by atoms with Crippen molar-refractivity contribution in [3.8, 4) is 0 Å². The number of carbonyl (C=O) groups is 3. The van der Waals surface area contributed by atoms with E-state index < -0.39 is 11.9 Å². The average molecular weight is 309 g/mol. The summed E-state index contributed by atoms with van der Waals surface area (Å²) in [5.74, 6) is -1.70. The van der Waals surface area contributed by atoms with Crippen molar-refractivity contribution in [3.63, 3.8) is 0 Å². The van der Waals surface area contributed by atoms with Gasteiger partial charge in [0.2, 0.25) is 5.91 Å². The molecule has 0 saturated heterocycles. The van der Waals surface area contributed by atoms with Crippen LogP contribution in [0.2, 0.25) is 0 Å². The second-order valence-corrected chi connectivity index (χ2v) is 5.94. The zero-order chi connectivity index (χ0) is 15.7. The van der Waals surface area contributed by atoms with Crippen LogP contribution in [0.25, 0.3) is 0 Å². The summed E-state index contributed by atoms with van der Waals surface area (Å²) in [6.45, 7) is 3.50. The normalized spacial score (nSPS) is 14.9. The summed E-state index contributed by atoms with van der Waals surface area (Å²) in [4.78, 5) is 35.6. The zero-order valence-corrected chi connectivity index (χ0v) is 12.7. The molecule has 2 N–H and O–H groups in total. The largest absolute Gasteiger partial charge is 0.478 e. The minimum atomic E-state index is -1.08. The molecule has 7 nitrogen and oxygen atoms in total. The molecule has 21 heavy (non-hydrogen) atoms. The lowest BCUT2D eigenvalue weighted by atomic mass is 10.1. The number of hydrogen-bond acceptors (Lipinski definition) is 5. The number of hydrogen-bond donors (Lipinski definition) is 2. The standard InChI is InChI=1S/C13H15N3O4S/c1-6-7(2)21-12(10(6)13(19)20)14-11(18)8-4-5-9(17)16(3)15-8/h4-5H2,1-3H3,(H,14,18)(H,19,20). The molecule has 2 heterocycles. The minimum absolute atomic E-state index is 0.103. The number of aromatic carboxylic acids is 1. The molecule has 1 aliphatic rings. The Morgan fingerprint density at radius 1 is 1.33 bits per heavy atom. The molecule has 1 aromatic rings. The Balaban J connectivity index is 2.25. The first kappa shape index (κ1) is 15.2. The Hall–Kier alpha value is -2.22. The van der Waals surface area contributed by atoms with Crippen LogP contribution in [0.15, 0.2) is 5.10 Å². The third-order valence-electron chi connectivity index (χ3n) is 3.30. The maximum Gasteiger partial charge on any atom is 0.338 e. The molecule has 112 valence electrons. The molecule has 1 aliphatic heterocycles. The summed E-state index contributed by atoms with van der Waals surface area (Å²) >= 11 is 1.21. The predicted molar refractivity (Wildman–Crippen MR) is 78.8 cm³/mol. The number of thiophene rings is 1. The number of hydrazone groups is 1. The van der Waals surface area contributed by atoms with Crippen LogP contribution in [0.4, 0.5) is 5.00 Å². The number of carbonyl (C=O) groups excluding carboxylic acids is 2. The van der Waals surface area contributed by atoms with Crippen LogP contribution < -0.4 is 5.32 Å². The van der Waals surface area contributed by atoms with Crippen molar-refractivity contribution in [3.05, 3.63) is 16.0 Å². The van der Waals surface area contributed by atoms with Crippen molar-refractivity contribution in [1.29, 1.82) is 0 Å². The Labute approximate surface area is 125 Å². The van der Waals surface area contributed by atoms with Gasteiger partial charge in [-0.1, -0.05) is 0 Å². The molecule has 0 unspecified atom stereocenters. The van der Waals surface area contributed by atoms with Gasteiger partial charge in [-0.2, -0.15) is 5.10 Å². The summed E-state index contributed by atoms with van der Waals surface area (Å²) < 4.78 is 0. The number of anilines is 1. The lowest BCUT2D eigenvalue weighted by molar-refractivity contribution is -0.130. The number of carboxylic acid groups (broad SMARTS) is 1. The fourth-order valence-corrected chi connectivity index (χ4v) is 3.03. The highest BCUT2D eigenvalue weighted by molar-refractivity contribution is 7.17. The van der Waals surface area contributed by atoms with Crippen molar-refractivity contribution in [2.45, 2.75) is 26.7 Å². The lowest BCUT2D eigenvalue weighted by Gasteiger charge is -2.18. The van der Waals surface area contributed by atoms with E-state index in [4.69, 9.17) is 0 Å². The molecular formula is C13H15N3O4S. The van der Waals surface area contributed by atoms with Gasteiger partial charge in [0.1, 0.15) is 10.7 Å². The number of nitrogens with one attached hydrogen (secondary N) is 1. The molecule has 2 rings (SSSR count). The predicted octanol–water partition coefficient (Wildman–Crippen LogP) is 1.61. The van der Waals surface area contributed by atoms with E-state index >= 15 is 0 Å². The van der Waals surface area contributed by atoms with E-state index in [1.54, 1.807) is 13.8 Å². The summed E-state index contributed by atoms with van der Waals surface area (Å²) in [7, 11) is 1.48. The van der Waals surface area contributed by atoms with Gasteiger partial charge in [-0.25, -0.2) is 9.80 Å². The summed E-state index contributed by atoms with van der Waals surface area (Å²) in [5, 5.41) is 17.2. The number of carboxylic acids is 1. The molecule has 0 radical (unpaired) electrons. The second kappa shape index (κ2) is 5.65. The zero-order valence-electron chi connectivity index (χ0n) is 11.9. The van der Waals surface area contributed by atoms with Crippen molar-refractivity contribution >= 4 is 39.8 Å². The van der Waals surface area contributed by atoms with Crippen molar-refractivity contribution in [2.24, 2.45) is 5.10 Å². The molecule has 0 aromatic carbocycles. The Kier molecular flexibility index (Phi) is 4.08. The maximum atomic E-state index is 12.1. The van der Waals surface area contributed by atoms with Gasteiger partial charge in [0.05, 0.1) is 5.56 Å². The van der Waals surface area contributed by atoms with Crippen LogP contribution in [0.3, 0.4) is 0 Å². The van der Waals surface area contributed by atoms with Crippen LogP contribution >= 0.6 is 11.3 Å². The lowest BCUT2D eigenvalue weighted by Crippen LogP contribution is -2.34. The minimum Gasteiger partial charge on any atom is -0.478 e. The first-order chi connectivity index (χ1) is 9.81. The third kappa shape index (κ3) is 2.94. The van der Waals surface area contributed by atoms with Crippen LogP contribution in [0.1, 0.15) is 33.6 Å². The summed E-state index contributed by atoms with van der Waals surface area (Å²) in [5.41, 5.74) is 0.963. The van der Waals surface area contributed by atoms with Crippen LogP contribution in [0.5, 0.6) is 0 Å². The van der Waals surface area contributed by atoms with Crippen molar-refractivity contribution in [2.75, 3.05) is 12.4 Å². The first-order valence-electron chi connectivity index (χ1n) is 6.30. The molecule has 8 heteroatoms. The second-order valence-electron chi connectivity index (χ2n) is 4.71. The van der Waals surface area contributed by atoms with E-state index in [2.05, 4.69) is 10.4 Å². The van der Waals surface area contributed by atoms with Gasteiger partial charge in [-0.3, -0.25) is 9.59 Å². The van der Waals surface area contributed by atoms with Crippen molar-refractivity contribution in [1.82, 2.24) is 5.01 Å². The molecule has 0 fully saturated rings. The molecular weight excluding hydrogens is 294 g/mol. The highest BCUT2D eigenvalue weighted by atomic mass is 32.1. The first-order valence-corrected chi connectivity index (χ1v) is 7.11. The van der Waals surface area contributed by atoms with Gasteiger partial charge in [0.25, 0.3) is 5.91 Å². The Bertz CT molecular complexity index is 663. The van der Waals surface area contributed by atoms with Gasteiger partial charge in [-0.05, 0) is 19.4 Å². The molecule has 1 aromatic heterocycles. The van der Waals surface area contributed by atoms with Crippen LogP contribution in [0, 0.1) is 13.8 Å². The molecule has 0 atom stereocenters. The molecule has 0 spiro atoms. The number of nitrogens with zero attached hydrogens (tertiary/aromatic N) is 2. The van der Waals surface area contributed by atoms with E-state index in [1.807, 2.05) is 0 Å². The highest BCUT2D eigenvalue weighted by Crippen LogP contribution is 2.32. The summed E-state index contributed by atoms with van der Waals surface area (Å²) in [6.07, 6.45) is 0.470. The van der Waals surface area contributed by atoms with Gasteiger partial charge < -0.3 is 10.4 Å². The van der Waals surface area contributed by atoms with Crippen LogP contribution in [-0.4, -0.2) is 40.7 Å². The Morgan fingerprint density at radius 3 is 2.57 bits per heavy atom. The molecule has 0 bridgehead atoms. The van der Waals surface area contributed by atoms with E-state index in [-0.39, 0.29) is 30.0 Å². The number of aryl methyl sites for hydroxylation is 1. The summed E-state index contributed by atoms with van der Waals surface area (Å²) in [6, 6.07) is 0. The fraction of sp³-hybridized carbons (Fsp3) is 0.385. The van der Waals surface area contributed by atoms with Gasteiger partial charge >= 0.3 is 5.97 Å². The monoisotopic (exact) mass is 309 g/mol. The van der Waals surface area contributed by atoms with Crippen molar-refractivity contribution < 1.29 is 19.5 Å². The van der Waals surface area contributed by atoms with Gasteiger partial charge in [0, 0.05) is 24.8 Å².